The van der Waals surface area contributed by atoms with Gasteiger partial charge in [0.05, 0.1) is 11.8 Å². The van der Waals surface area contributed by atoms with Crippen molar-refractivity contribution in [2.45, 2.75) is 58.0 Å². The first-order valence-electron chi connectivity index (χ1n) is 11.9. The predicted molar refractivity (Wildman–Crippen MR) is 129 cm³/mol. The van der Waals surface area contributed by atoms with Crippen molar-refractivity contribution >= 4 is 5.97 Å². The number of hydrogen-bond donors (Lipinski definition) is 1. The van der Waals surface area contributed by atoms with Gasteiger partial charge in [0.1, 0.15) is 6.10 Å². The molecule has 1 heterocycles. The molecule has 1 atom stereocenters. The highest BCUT2D eigenvalue weighted by atomic mass is 16.5. The Hall–Kier alpha value is -3.05. The van der Waals surface area contributed by atoms with Gasteiger partial charge in [0.25, 0.3) is 0 Å². The molecule has 0 radical (unpaired) electrons. The van der Waals surface area contributed by atoms with Crippen LogP contribution in [0.2, 0.25) is 0 Å². The maximum atomic E-state index is 12.0. The van der Waals surface area contributed by atoms with Crippen LogP contribution in [-0.4, -0.2) is 27.9 Å². The summed E-state index contributed by atoms with van der Waals surface area (Å²) >= 11 is 0. The molecular formula is C28H32N2O3. The molecule has 5 nitrogen and oxygen atoms in total. The molecule has 1 aromatic heterocycles. The fourth-order valence-electron chi connectivity index (χ4n) is 4.90. The van der Waals surface area contributed by atoms with Gasteiger partial charge in [-0.2, -0.15) is 10.2 Å². The Morgan fingerprint density at radius 2 is 1.85 bits per heavy atom. The van der Waals surface area contributed by atoms with Crippen molar-refractivity contribution in [2.24, 2.45) is 5.92 Å². The van der Waals surface area contributed by atoms with Gasteiger partial charge in [0, 0.05) is 18.4 Å². The second kappa shape index (κ2) is 11.2. The number of carbonyl (C=O) groups is 1. The summed E-state index contributed by atoms with van der Waals surface area (Å²) in [5, 5.41) is 17.8. The van der Waals surface area contributed by atoms with Crippen LogP contribution < -0.4 is 0 Å². The van der Waals surface area contributed by atoms with Crippen molar-refractivity contribution in [1.29, 1.82) is 0 Å². The zero-order chi connectivity index (χ0) is 23.0. The van der Waals surface area contributed by atoms with E-state index in [1.165, 1.54) is 38.5 Å². The number of aryl methyl sites for hydroxylation is 1. The molecule has 1 saturated carbocycles. The summed E-state index contributed by atoms with van der Waals surface area (Å²) in [6.07, 6.45) is 12.1. The molecule has 0 amide bonds. The van der Waals surface area contributed by atoms with Gasteiger partial charge < -0.3 is 9.84 Å². The number of ether oxygens (including phenoxy) is 1. The third kappa shape index (κ3) is 5.85. The molecule has 0 spiro atoms. The lowest BCUT2D eigenvalue weighted by Gasteiger charge is -2.23. The van der Waals surface area contributed by atoms with E-state index in [-0.39, 0.29) is 11.7 Å². The van der Waals surface area contributed by atoms with E-state index >= 15 is 0 Å². The van der Waals surface area contributed by atoms with Crippen molar-refractivity contribution in [3.05, 3.63) is 83.2 Å². The summed E-state index contributed by atoms with van der Waals surface area (Å²) in [4.78, 5) is 12.0. The standard InChI is InChI=1S/C28H32N2O3/c1-20-8-5-6-12-24(20)26-18-22(13-14-25(26)28(31)32)27(23-15-16-29-30-19-23)33-17-7-11-21-9-3-2-4-10-21/h5-6,8,12-16,18-19,21,27H,2-4,7,9-11,17H2,1H3,(H,31,32). The molecule has 0 bridgehead atoms. The van der Waals surface area contributed by atoms with Crippen LogP contribution >= 0.6 is 0 Å². The molecule has 33 heavy (non-hydrogen) atoms. The summed E-state index contributed by atoms with van der Waals surface area (Å²) in [6, 6.07) is 15.3. The molecule has 1 fully saturated rings. The molecule has 4 rings (SSSR count). The molecule has 0 saturated heterocycles. The Morgan fingerprint density at radius 3 is 2.58 bits per heavy atom. The van der Waals surface area contributed by atoms with Crippen molar-refractivity contribution in [3.63, 3.8) is 0 Å². The van der Waals surface area contributed by atoms with Crippen molar-refractivity contribution < 1.29 is 14.6 Å². The first-order chi connectivity index (χ1) is 16.1. The smallest absolute Gasteiger partial charge is 0.336 e. The first kappa shape index (κ1) is 23.1. The molecule has 172 valence electrons. The Kier molecular flexibility index (Phi) is 7.84. The van der Waals surface area contributed by atoms with Gasteiger partial charge in [0.15, 0.2) is 0 Å². The quantitative estimate of drug-likeness (QED) is 0.376. The van der Waals surface area contributed by atoms with Crippen molar-refractivity contribution in [2.75, 3.05) is 6.61 Å². The summed E-state index contributed by atoms with van der Waals surface area (Å²) in [7, 11) is 0. The van der Waals surface area contributed by atoms with E-state index in [4.69, 9.17) is 4.74 Å². The zero-order valence-electron chi connectivity index (χ0n) is 19.2. The highest BCUT2D eigenvalue weighted by molar-refractivity contribution is 5.96. The van der Waals surface area contributed by atoms with Crippen molar-refractivity contribution in [3.8, 4) is 11.1 Å². The van der Waals surface area contributed by atoms with Crippen LogP contribution in [0.25, 0.3) is 11.1 Å². The number of carboxylic acid groups (broad SMARTS) is 1. The fraction of sp³-hybridized carbons (Fsp3) is 0.393. The maximum absolute atomic E-state index is 12.0. The third-order valence-electron chi connectivity index (χ3n) is 6.69. The van der Waals surface area contributed by atoms with Crippen LogP contribution in [0.15, 0.2) is 60.9 Å². The van der Waals surface area contributed by atoms with E-state index < -0.39 is 5.97 Å². The minimum absolute atomic E-state index is 0.289. The fourth-order valence-corrected chi connectivity index (χ4v) is 4.90. The van der Waals surface area contributed by atoms with E-state index in [0.29, 0.717) is 12.2 Å². The highest BCUT2D eigenvalue weighted by Gasteiger charge is 2.21. The molecule has 1 unspecified atom stereocenters. The van der Waals surface area contributed by atoms with E-state index in [1.807, 2.05) is 49.4 Å². The van der Waals surface area contributed by atoms with Gasteiger partial charge >= 0.3 is 5.97 Å². The minimum Gasteiger partial charge on any atom is -0.478 e. The lowest BCUT2D eigenvalue weighted by molar-refractivity contribution is 0.0694. The number of nitrogens with zero attached hydrogens (tertiary/aromatic N) is 2. The van der Waals surface area contributed by atoms with E-state index in [2.05, 4.69) is 10.2 Å². The zero-order valence-corrected chi connectivity index (χ0v) is 19.2. The summed E-state index contributed by atoms with van der Waals surface area (Å²) in [6.45, 7) is 2.66. The first-order valence-corrected chi connectivity index (χ1v) is 11.9. The van der Waals surface area contributed by atoms with Gasteiger partial charge in [-0.05, 0) is 66.1 Å². The molecular weight excluding hydrogens is 412 g/mol. The molecule has 0 aliphatic heterocycles. The van der Waals surface area contributed by atoms with E-state index in [9.17, 15) is 9.90 Å². The largest absolute Gasteiger partial charge is 0.478 e. The van der Waals surface area contributed by atoms with Crippen molar-refractivity contribution in [1.82, 2.24) is 10.2 Å². The Morgan fingerprint density at radius 1 is 1.03 bits per heavy atom. The van der Waals surface area contributed by atoms with E-state index in [0.717, 1.165) is 34.6 Å². The van der Waals surface area contributed by atoms with E-state index in [1.54, 1.807) is 18.5 Å². The number of hydrogen-bond acceptors (Lipinski definition) is 4. The molecule has 5 heteroatoms. The monoisotopic (exact) mass is 444 g/mol. The molecule has 1 aliphatic rings. The number of benzene rings is 2. The number of carboxylic acids is 1. The molecule has 2 aromatic carbocycles. The Balaban J connectivity index is 1.60. The molecule has 1 N–H and O–H groups in total. The lowest BCUT2D eigenvalue weighted by atomic mass is 9.86. The summed E-state index contributed by atoms with van der Waals surface area (Å²) < 4.78 is 6.41. The predicted octanol–water partition coefficient (Wildman–Crippen LogP) is 6.62. The van der Waals surface area contributed by atoms with Gasteiger partial charge in [0.2, 0.25) is 0 Å². The maximum Gasteiger partial charge on any atom is 0.336 e. The second-order valence-corrected chi connectivity index (χ2v) is 9.00. The van der Waals surface area contributed by atoms with Gasteiger partial charge in [-0.3, -0.25) is 0 Å². The van der Waals surface area contributed by atoms with Crippen LogP contribution in [0.4, 0.5) is 0 Å². The Labute approximate surface area is 195 Å². The lowest BCUT2D eigenvalue weighted by Crippen LogP contribution is -2.12. The molecule has 1 aliphatic carbocycles. The van der Waals surface area contributed by atoms with Crippen LogP contribution in [0.1, 0.15) is 78.1 Å². The van der Waals surface area contributed by atoms with Crippen LogP contribution in [0.3, 0.4) is 0 Å². The number of aromatic nitrogens is 2. The normalized spacial score (nSPS) is 15.3. The van der Waals surface area contributed by atoms with Crippen LogP contribution in [0, 0.1) is 12.8 Å². The highest BCUT2D eigenvalue weighted by Crippen LogP contribution is 2.34. The topological polar surface area (TPSA) is 72.3 Å². The van der Waals surface area contributed by atoms with Gasteiger partial charge in [-0.25, -0.2) is 4.79 Å². The summed E-state index contributed by atoms with van der Waals surface area (Å²) in [5.41, 5.74) is 4.78. The number of rotatable bonds is 9. The van der Waals surface area contributed by atoms with Gasteiger partial charge in [-0.15, -0.1) is 0 Å². The van der Waals surface area contributed by atoms with Crippen LogP contribution in [0.5, 0.6) is 0 Å². The SMILES string of the molecule is Cc1ccccc1-c1cc(C(OCCCC2CCCCC2)c2ccnnc2)ccc1C(=O)O. The van der Waals surface area contributed by atoms with Gasteiger partial charge in [-0.1, -0.05) is 62.4 Å². The molecule has 3 aromatic rings. The average Bonchev–Trinajstić information content (AvgIpc) is 2.85. The van der Waals surface area contributed by atoms with Crippen LogP contribution in [-0.2, 0) is 4.74 Å². The third-order valence-corrected chi connectivity index (χ3v) is 6.69. The number of aromatic carboxylic acids is 1. The minimum atomic E-state index is -0.935. The second-order valence-electron chi connectivity index (χ2n) is 9.00. The summed E-state index contributed by atoms with van der Waals surface area (Å²) in [5.74, 6) is -0.110. The Bertz CT molecular complexity index is 1060. The average molecular weight is 445 g/mol.